The molecule has 178 valence electrons. The molecule has 0 saturated heterocycles. The summed E-state index contributed by atoms with van der Waals surface area (Å²) < 4.78 is 0. The second kappa shape index (κ2) is 12.5. The zero-order chi connectivity index (χ0) is 23.6. The summed E-state index contributed by atoms with van der Waals surface area (Å²) in [5.74, 6) is -0.395. The minimum absolute atomic E-state index is 0.131. The van der Waals surface area contributed by atoms with E-state index < -0.39 is 6.04 Å². The molecule has 2 aromatic rings. The van der Waals surface area contributed by atoms with E-state index in [4.69, 9.17) is 0 Å². The van der Waals surface area contributed by atoms with E-state index in [9.17, 15) is 14.4 Å². The Hall–Kier alpha value is -2.74. The van der Waals surface area contributed by atoms with Gasteiger partial charge in [-0.25, -0.2) is 0 Å². The number of nitrogens with one attached hydrogen (secondary N) is 2. The van der Waals surface area contributed by atoms with Crippen LogP contribution in [0.15, 0.2) is 42.0 Å². The molecule has 33 heavy (non-hydrogen) atoms. The van der Waals surface area contributed by atoms with Crippen molar-refractivity contribution in [3.63, 3.8) is 0 Å². The van der Waals surface area contributed by atoms with Gasteiger partial charge in [-0.1, -0.05) is 45.2 Å². The van der Waals surface area contributed by atoms with Crippen molar-refractivity contribution in [2.45, 2.75) is 64.5 Å². The van der Waals surface area contributed by atoms with Gasteiger partial charge in [-0.3, -0.25) is 19.4 Å². The van der Waals surface area contributed by atoms with Crippen molar-refractivity contribution >= 4 is 29.1 Å². The Morgan fingerprint density at radius 2 is 1.94 bits per heavy atom. The average Bonchev–Trinajstić information content (AvgIpc) is 3.36. The third kappa shape index (κ3) is 7.39. The number of thiophene rings is 1. The highest BCUT2D eigenvalue weighted by atomic mass is 32.1. The molecule has 0 aromatic carbocycles. The number of carbonyl (C=O) groups excluding carboxylic acids is 3. The summed E-state index contributed by atoms with van der Waals surface area (Å²) in [6.45, 7) is 4.43. The van der Waals surface area contributed by atoms with Crippen LogP contribution in [0, 0.1) is 5.92 Å². The Balaban J connectivity index is 1.80. The first-order valence-corrected chi connectivity index (χ1v) is 12.6. The molecule has 3 rings (SSSR count). The predicted molar refractivity (Wildman–Crippen MR) is 130 cm³/mol. The van der Waals surface area contributed by atoms with Crippen molar-refractivity contribution in [1.82, 2.24) is 20.5 Å². The van der Waals surface area contributed by atoms with Crippen molar-refractivity contribution in [3.8, 4) is 0 Å². The second-order valence-electron chi connectivity index (χ2n) is 8.96. The Kier molecular flexibility index (Phi) is 9.42. The van der Waals surface area contributed by atoms with Crippen LogP contribution in [0.2, 0.25) is 0 Å². The molecule has 0 aliphatic heterocycles. The van der Waals surface area contributed by atoms with E-state index in [1.54, 1.807) is 35.5 Å². The summed E-state index contributed by atoms with van der Waals surface area (Å²) in [6.07, 6.45) is 9.37. The standard InChI is InChI=1S/C25H34N4O3S/c1-18(2)12-14-29(22(30)17-27-24(31)21-11-7-15-33-21)23(19-8-6-13-26-16-19)25(32)28-20-9-4-3-5-10-20/h6-8,11,13,15-16,18,20,23H,3-5,9-10,12,14,17H2,1-2H3,(H,27,31)(H,28,32)/t23-/m0/s1. The number of hydrogen-bond donors (Lipinski definition) is 2. The van der Waals surface area contributed by atoms with Gasteiger partial charge in [0.25, 0.3) is 5.91 Å². The summed E-state index contributed by atoms with van der Waals surface area (Å²) in [5.41, 5.74) is 0.674. The van der Waals surface area contributed by atoms with Crippen molar-refractivity contribution in [1.29, 1.82) is 0 Å². The quantitative estimate of drug-likeness (QED) is 0.550. The van der Waals surface area contributed by atoms with Gasteiger partial charge in [0, 0.05) is 30.5 Å². The first-order chi connectivity index (χ1) is 16.0. The van der Waals surface area contributed by atoms with E-state index in [0.717, 1.165) is 32.1 Å². The van der Waals surface area contributed by atoms with Crippen molar-refractivity contribution in [3.05, 3.63) is 52.5 Å². The fourth-order valence-electron chi connectivity index (χ4n) is 4.09. The molecular weight excluding hydrogens is 436 g/mol. The van der Waals surface area contributed by atoms with E-state index in [2.05, 4.69) is 29.5 Å². The molecule has 1 fully saturated rings. The van der Waals surface area contributed by atoms with E-state index in [1.165, 1.54) is 17.8 Å². The van der Waals surface area contributed by atoms with Crippen molar-refractivity contribution in [2.24, 2.45) is 5.92 Å². The number of pyridine rings is 1. The molecule has 1 atom stereocenters. The van der Waals surface area contributed by atoms with E-state index in [0.29, 0.717) is 22.9 Å². The smallest absolute Gasteiger partial charge is 0.261 e. The van der Waals surface area contributed by atoms with Crippen LogP contribution in [0.3, 0.4) is 0 Å². The summed E-state index contributed by atoms with van der Waals surface area (Å²) in [6, 6.07) is 6.47. The lowest BCUT2D eigenvalue weighted by Gasteiger charge is -2.33. The molecule has 7 nitrogen and oxygen atoms in total. The van der Waals surface area contributed by atoms with Gasteiger partial charge in [-0.2, -0.15) is 0 Å². The third-order valence-electron chi connectivity index (χ3n) is 5.92. The topological polar surface area (TPSA) is 91.4 Å². The number of carbonyl (C=O) groups is 3. The Morgan fingerprint density at radius 1 is 1.15 bits per heavy atom. The average molecular weight is 471 g/mol. The lowest BCUT2D eigenvalue weighted by atomic mass is 9.94. The first kappa shape index (κ1) is 24.9. The fourth-order valence-corrected chi connectivity index (χ4v) is 4.73. The summed E-state index contributed by atoms with van der Waals surface area (Å²) in [5, 5.41) is 7.71. The molecule has 1 aliphatic carbocycles. The van der Waals surface area contributed by atoms with Gasteiger partial charge in [-0.15, -0.1) is 11.3 Å². The SMILES string of the molecule is CC(C)CCN(C(=O)CNC(=O)c1cccs1)[C@H](C(=O)NC1CCCCC1)c1cccnc1. The summed E-state index contributed by atoms with van der Waals surface area (Å²) in [4.78, 5) is 45.6. The number of amides is 3. The van der Waals surface area contributed by atoms with Gasteiger partial charge >= 0.3 is 0 Å². The highest BCUT2D eigenvalue weighted by Crippen LogP contribution is 2.24. The highest BCUT2D eigenvalue weighted by molar-refractivity contribution is 7.12. The largest absolute Gasteiger partial charge is 0.351 e. The fraction of sp³-hybridized carbons (Fsp3) is 0.520. The molecule has 0 bridgehead atoms. The second-order valence-corrected chi connectivity index (χ2v) is 9.91. The van der Waals surface area contributed by atoms with Gasteiger partial charge in [0.05, 0.1) is 11.4 Å². The Morgan fingerprint density at radius 3 is 2.58 bits per heavy atom. The van der Waals surface area contributed by atoms with E-state index >= 15 is 0 Å². The monoisotopic (exact) mass is 470 g/mol. The van der Waals surface area contributed by atoms with Crippen LogP contribution in [-0.4, -0.2) is 46.7 Å². The lowest BCUT2D eigenvalue weighted by molar-refractivity contribution is -0.140. The molecule has 0 spiro atoms. The van der Waals surface area contributed by atoms with Gasteiger partial charge in [0.2, 0.25) is 11.8 Å². The molecule has 8 heteroatoms. The highest BCUT2D eigenvalue weighted by Gasteiger charge is 2.33. The van der Waals surface area contributed by atoms with Crippen LogP contribution in [0.4, 0.5) is 0 Å². The van der Waals surface area contributed by atoms with Crippen LogP contribution in [0.1, 0.15) is 73.6 Å². The van der Waals surface area contributed by atoms with E-state index in [-0.39, 0.29) is 30.3 Å². The normalized spacial score (nSPS) is 15.1. The number of rotatable bonds is 10. The third-order valence-corrected chi connectivity index (χ3v) is 6.79. The molecule has 1 aliphatic rings. The molecular formula is C25H34N4O3S. The Labute approximate surface area is 200 Å². The molecule has 0 unspecified atom stereocenters. The number of hydrogen-bond acceptors (Lipinski definition) is 5. The molecule has 2 N–H and O–H groups in total. The van der Waals surface area contributed by atoms with Crippen molar-refractivity contribution < 1.29 is 14.4 Å². The van der Waals surface area contributed by atoms with E-state index in [1.807, 2.05) is 11.4 Å². The molecule has 2 aromatic heterocycles. The predicted octanol–water partition coefficient (Wildman–Crippen LogP) is 3.94. The van der Waals surface area contributed by atoms with Crippen LogP contribution in [-0.2, 0) is 9.59 Å². The first-order valence-electron chi connectivity index (χ1n) is 11.8. The number of aromatic nitrogens is 1. The zero-order valence-electron chi connectivity index (χ0n) is 19.5. The lowest BCUT2D eigenvalue weighted by Crippen LogP contribution is -2.49. The van der Waals surface area contributed by atoms with Crippen molar-refractivity contribution in [2.75, 3.05) is 13.1 Å². The minimum Gasteiger partial charge on any atom is -0.351 e. The van der Waals surface area contributed by atoms with Gasteiger partial charge < -0.3 is 15.5 Å². The molecule has 3 amide bonds. The molecule has 1 saturated carbocycles. The van der Waals surface area contributed by atoms with Crippen LogP contribution >= 0.6 is 11.3 Å². The zero-order valence-corrected chi connectivity index (χ0v) is 20.3. The maximum absolute atomic E-state index is 13.5. The van der Waals surface area contributed by atoms with Gasteiger partial charge in [0.1, 0.15) is 6.04 Å². The Bertz CT molecular complexity index is 896. The van der Waals surface area contributed by atoms with Crippen LogP contribution in [0.5, 0.6) is 0 Å². The van der Waals surface area contributed by atoms with Crippen LogP contribution < -0.4 is 10.6 Å². The van der Waals surface area contributed by atoms with Crippen LogP contribution in [0.25, 0.3) is 0 Å². The minimum atomic E-state index is -0.787. The molecule has 0 radical (unpaired) electrons. The van der Waals surface area contributed by atoms with Gasteiger partial charge in [0.15, 0.2) is 0 Å². The van der Waals surface area contributed by atoms with Gasteiger partial charge in [-0.05, 0) is 42.7 Å². The summed E-state index contributed by atoms with van der Waals surface area (Å²) >= 11 is 1.32. The summed E-state index contributed by atoms with van der Waals surface area (Å²) in [7, 11) is 0. The molecule has 2 heterocycles. The maximum Gasteiger partial charge on any atom is 0.261 e. The maximum atomic E-state index is 13.5. The number of nitrogens with zero attached hydrogens (tertiary/aromatic N) is 2.